The van der Waals surface area contributed by atoms with Crippen LogP contribution < -0.4 is 9.47 Å². The molecule has 0 bridgehead atoms. The van der Waals surface area contributed by atoms with E-state index in [-0.39, 0.29) is 29.3 Å². The molecule has 4 rings (SSSR count). The summed E-state index contributed by atoms with van der Waals surface area (Å²) in [6, 6.07) is 16.2. The topological polar surface area (TPSA) is 36.9 Å². The summed E-state index contributed by atoms with van der Waals surface area (Å²) in [6.45, 7) is 12.4. The van der Waals surface area contributed by atoms with E-state index in [9.17, 15) is 0 Å². The van der Waals surface area contributed by atoms with Crippen molar-refractivity contribution in [2.45, 2.75) is 53.1 Å². The van der Waals surface area contributed by atoms with Crippen LogP contribution >= 0.6 is 0 Å². The van der Waals surface area contributed by atoms with Crippen molar-refractivity contribution in [2.24, 2.45) is 10.8 Å². The molecule has 2 heterocycles. The maximum absolute atomic E-state index is 5.91. The van der Waals surface area contributed by atoms with Crippen LogP contribution in [-0.4, -0.2) is 19.5 Å². The minimum absolute atomic E-state index is 0.165. The Kier molecular flexibility index (Phi) is 4.88. The number of benzene rings is 2. The minimum atomic E-state index is -0.385. The first-order valence-corrected chi connectivity index (χ1v) is 10.0. The lowest BCUT2D eigenvalue weighted by Crippen LogP contribution is -2.40. The van der Waals surface area contributed by atoms with Gasteiger partial charge in [-0.3, -0.25) is 0 Å². The molecule has 2 fully saturated rings. The smallest absolute Gasteiger partial charge is 0.238 e. The zero-order chi connectivity index (χ0) is 19.9. The van der Waals surface area contributed by atoms with Crippen LogP contribution in [0.5, 0.6) is 11.5 Å². The van der Waals surface area contributed by atoms with Crippen molar-refractivity contribution in [3.63, 3.8) is 0 Å². The molecular weight excluding hydrogens is 352 g/mol. The van der Waals surface area contributed by atoms with Gasteiger partial charge in [-0.1, -0.05) is 52.0 Å². The zero-order valence-corrected chi connectivity index (χ0v) is 17.4. The first kappa shape index (κ1) is 19.3. The quantitative estimate of drug-likeness (QED) is 0.602. The highest BCUT2D eigenvalue weighted by molar-refractivity contribution is 5.32. The van der Waals surface area contributed by atoms with Crippen LogP contribution in [0.4, 0.5) is 0 Å². The highest BCUT2D eigenvalue weighted by Crippen LogP contribution is 2.46. The Hall–Kier alpha value is -2.04. The molecule has 2 aliphatic rings. The lowest BCUT2D eigenvalue weighted by molar-refractivity contribution is -0.172. The first-order valence-electron chi connectivity index (χ1n) is 10.0. The number of hydrogen-bond donors (Lipinski definition) is 0. The maximum atomic E-state index is 5.91. The van der Waals surface area contributed by atoms with E-state index in [4.69, 9.17) is 18.9 Å². The second-order valence-electron chi connectivity index (χ2n) is 9.30. The molecule has 0 saturated carbocycles. The van der Waals surface area contributed by atoms with E-state index >= 15 is 0 Å². The van der Waals surface area contributed by atoms with Gasteiger partial charge in [-0.05, 0) is 35.4 Å². The first-order chi connectivity index (χ1) is 13.2. The van der Waals surface area contributed by atoms with E-state index in [2.05, 4.69) is 52.0 Å². The Morgan fingerprint density at radius 2 is 1.07 bits per heavy atom. The lowest BCUT2D eigenvalue weighted by Gasteiger charge is -2.44. The van der Waals surface area contributed by atoms with Crippen LogP contribution in [0.15, 0.2) is 48.5 Å². The highest BCUT2D eigenvalue weighted by atomic mass is 16.7. The van der Waals surface area contributed by atoms with Crippen molar-refractivity contribution >= 4 is 0 Å². The Morgan fingerprint density at radius 1 is 0.714 bits per heavy atom. The van der Waals surface area contributed by atoms with Gasteiger partial charge in [0.15, 0.2) is 0 Å². The molecule has 2 aromatic carbocycles. The summed E-state index contributed by atoms with van der Waals surface area (Å²) in [7, 11) is 0. The Morgan fingerprint density at radius 3 is 1.32 bits per heavy atom. The summed E-state index contributed by atoms with van der Waals surface area (Å²) in [5.41, 5.74) is 2.78. The zero-order valence-electron chi connectivity index (χ0n) is 17.4. The van der Waals surface area contributed by atoms with Crippen LogP contribution in [0.1, 0.15) is 58.0 Å². The largest absolute Gasteiger partial charge is 0.455 e. The van der Waals surface area contributed by atoms with E-state index in [0.717, 1.165) is 24.7 Å². The fourth-order valence-corrected chi connectivity index (χ4v) is 3.94. The van der Waals surface area contributed by atoms with Crippen molar-refractivity contribution in [1.29, 1.82) is 0 Å². The fraction of sp³-hybridized carbons (Fsp3) is 0.500. The minimum Gasteiger partial charge on any atom is -0.455 e. The summed E-state index contributed by atoms with van der Waals surface area (Å²) in [5.74, 6) is 1.57. The summed E-state index contributed by atoms with van der Waals surface area (Å²) >= 11 is 0. The van der Waals surface area contributed by atoms with Crippen molar-refractivity contribution < 1.29 is 18.9 Å². The van der Waals surface area contributed by atoms with Gasteiger partial charge < -0.3 is 18.9 Å². The average molecular weight is 383 g/mol. The third-order valence-corrected chi connectivity index (χ3v) is 5.63. The monoisotopic (exact) mass is 382 g/mol. The SMILES string of the molecule is CC(Oc1ccc(C2OCC2(C)C)cc1)Oc1ccc(C2OCC2(C)C)cc1. The summed E-state index contributed by atoms with van der Waals surface area (Å²) in [4.78, 5) is 0. The average Bonchev–Trinajstić information content (AvgIpc) is 2.63. The molecule has 2 atom stereocenters. The molecule has 2 aliphatic heterocycles. The molecular formula is C24H30O4. The van der Waals surface area contributed by atoms with E-state index in [0.29, 0.717) is 0 Å². The molecule has 4 nitrogen and oxygen atoms in total. The van der Waals surface area contributed by atoms with Crippen LogP contribution in [0.25, 0.3) is 0 Å². The molecule has 0 aromatic heterocycles. The Labute approximate surface area is 167 Å². The van der Waals surface area contributed by atoms with Gasteiger partial charge in [0.1, 0.15) is 11.5 Å². The second-order valence-corrected chi connectivity index (χ2v) is 9.30. The van der Waals surface area contributed by atoms with Gasteiger partial charge in [0, 0.05) is 17.8 Å². The highest BCUT2D eigenvalue weighted by Gasteiger charge is 2.41. The Bertz CT molecular complexity index is 738. The predicted octanol–water partition coefficient (Wildman–Crippen LogP) is 5.69. The van der Waals surface area contributed by atoms with Gasteiger partial charge in [-0.15, -0.1) is 0 Å². The molecule has 0 radical (unpaired) electrons. The summed E-state index contributed by atoms with van der Waals surface area (Å²) in [5, 5.41) is 0. The van der Waals surface area contributed by atoms with Crippen molar-refractivity contribution in [3.05, 3.63) is 59.7 Å². The standard InChI is InChI=1S/C24H30O4/c1-16(27-19-10-6-17(7-11-19)21-23(2,3)14-25-21)28-20-12-8-18(9-13-20)22-24(4,5)15-26-22/h6-13,16,21-22H,14-15H2,1-5H3. The van der Waals surface area contributed by atoms with E-state index < -0.39 is 0 Å². The van der Waals surface area contributed by atoms with Crippen molar-refractivity contribution in [1.82, 2.24) is 0 Å². The number of rotatable bonds is 6. The summed E-state index contributed by atoms with van der Waals surface area (Å²) in [6.07, 6.45) is -0.0544. The molecule has 28 heavy (non-hydrogen) atoms. The van der Waals surface area contributed by atoms with Gasteiger partial charge in [-0.25, -0.2) is 0 Å². The Balaban J connectivity index is 1.32. The van der Waals surface area contributed by atoms with Crippen molar-refractivity contribution in [3.8, 4) is 11.5 Å². The van der Waals surface area contributed by atoms with Gasteiger partial charge >= 0.3 is 0 Å². The van der Waals surface area contributed by atoms with Gasteiger partial charge in [-0.2, -0.15) is 0 Å². The molecule has 2 aromatic rings. The molecule has 0 spiro atoms. The molecule has 2 saturated heterocycles. The third-order valence-electron chi connectivity index (χ3n) is 5.63. The summed E-state index contributed by atoms with van der Waals surface area (Å²) < 4.78 is 23.2. The third kappa shape index (κ3) is 3.76. The second kappa shape index (κ2) is 7.09. The lowest BCUT2D eigenvalue weighted by atomic mass is 9.79. The number of hydrogen-bond acceptors (Lipinski definition) is 4. The van der Waals surface area contributed by atoms with Gasteiger partial charge in [0.2, 0.25) is 6.29 Å². The van der Waals surface area contributed by atoms with Crippen LogP contribution in [0.3, 0.4) is 0 Å². The predicted molar refractivity (Wildman–Crippen MR) is 109 cm³/mol. The molecule has 150 valence electrons. The molecule has 4 heteroatoms. The normalized spacial score (nSPS) is 25.9. The molecule has 0 aliphatic carbocycles. The van der Waals surface area contributed by atoms with Crippen LogP contribution in [0.2, 0.25) is 0 Å². The van der Waals surface area contributed by atoms with Crippen molar-refractivity contribution in [2.75, 3.05) is 13.2 Å². The fourth-order valence-electron chi connectivity index (χ4n) is 3.94. The van der Waals surface area contributed by atoms with Gasteiger partial charge in [0.25, 0.3) is 0 Å². The number of ether oxygens (including phenoxy) is 4. The molecule has 0 amide bonds. The molecule has 0 N–H and O–H groups in total. The van der Waals surface area contributed by atoms with E-state index in [1.807, 2.05) is 31.2 Å². The maximum Gasteiger partial charge on any atom is 0.238 e. The van der Waals surface area contributed by atoms with Crippen LogP contribution in [0, 0.1) is 10.8 Å². The van der Waals surface area contributed by atoms with Crippen LogP contribution in [-0.2, 0) is 9.47 Å². The van der Waals surface area contributed by atoms with E-state index in [1.165, 1.54) is 11.1 Å². The molecule has 2 unspecified atom stereocenters. The van der Waals surface area contributed by atoms with Gasteiger partial charge in [0.05, 0.1) is 25.4 Å². The van der Waals surface area contributed by atoms with E-state index in [1.54, 1.807) is 0 Å².